The Morgan fingerprint density at radius 2 is 2.05 bits per heavy atom. The predicted octanol–water partition coefficient (Wildman–Crippen LogP) is 1.68. The van der Waals surface area contributed by atoms with Crippen molar-refractivity contribution < 1.29 is 9.90 Å². The molecule has 1 aliphatic rings. The number of carbonyl (C=O) groups excluding carboxylic acids is 1. The molecule has 0 unspecified atom stereocenters. The average Bonchev–Trinajstić information content (AvgIpc) is 2.99. The van der Waals surface area contributed by atoms with Crippen molar-refractivity contribution in [3.05, 3.63) is 35.4 Å². The van der Waals surface area contributed by atoms with Crippen molar-refractivity contribution in [3.8, 4) is 11.8 Å². The monoisotopic (exact) mass is 272 g/mol. The lowest BCUT2D eigenvalue weighted by atomic mass is 10.1. The minimum atomic E-state index is -0.156. The zero-order valence-corrected chi connectivity index (χ0v) is 11.8. The van der Waals surface area contributed by atoms with E-state index >= 15 is 0 Å². The second-order valence-electron chi connectivity index (χ2n) is 4.95. The summed E-state index contributed by atoms with van der Waals surface area (Å²) in [6.07, 6.45) is 2.19. The van der Waals surface area contributed by atoms with Crippen molar-refractivity contribution in [1.29, 1.82) is 0 Å². The topological polar surface area (TPSA) is 43.8 Å². The molecule has 0 aliphatic carbocycles. The third-order valence-corrected chi connectivity index (χ3v) is 3.43. The number of aliphatic hydroxyl groups is 1. The van der Waals surface area contributed by atoms with Gasteiger partial charge in [0.15, 0.2) is 0 Å². The van der Waals surface area contributed by atoms with Crippen LogP contribution in [0.25, 0.3) is 0 Å². The van der Waals surface area contributed by atoms with Gasteiger partial charge in [0.25, 0.3) is 0 Å². The average molecular weight is 272 g/mol. The third-order valence-electron chi connectivity index (χ3n) is 3.43. The lowest BCUT2D eigenvalue weighted by Crippen LogP contribution is -2.39. The van der Waals surface area contributed by atoms with Gasteiger partial charge in [-0.05, 0) is 24.5 Å². The number of benzene rings is 1. The Bertz CT molecular complexity index is 525. The van der Waals surface area contributed by atoms with Crippen LogP contribution in [0.15, 0.2) is 24.3 Å². The van der Waals surface area contributed by atoms with Crippen molar-refractivity contribution in [2.45, 2.75) is 19.4 Å². The van der Waals surface area contributed by atoms with Crippen LogP contribution in [0.3, 0.4) is 0 Å². The van der Waals surface area contributed by atoms with Gasteiger partial charge in [-0.2, -0.15) is 0 Å². The molecule has 1 fully saturated rings. The number of urea groups is 1. The van der Waals surface area contributed by atoms with Gasteiger partial charge in [-0.1, -0.05) is 30.0 Å². The summed E-state index contributed by atoms with van der Waals surface area (Å²) in [4.78, 5) is 15.9. The van der Waals surface area contributed by atoms with Crippen molar-refractivity contribution >= 4 is 6.03 Å². The fourth-order valence-electron chi connectivity index (χ4n) is 2.39. The zero-order valence-electron chi connectivity index (χ0n) is 11.8. The van der Waals surface area contributed by atoms with Crippen molar-refractivity contribution in [2.75, 3.05) is 26.7 Å². The highest BCUT2D eigenvalue weighted by Crippen LogP contribution is 2.14. The number of hydrogen-bond donors (Lipinski definition) is 1. The van der Waals surface area contributed by atoms with Crippen molar-refractivity contribution in [3.63, 3.8) is 0 Å². The Kier molecular flexibility index (Phi) is 5.03. The molecule has 1 N–H and O–H groups in total. The third kappa shape index (κ3) is 3.52. The van der Waals surface area contributed by atoms with E-state index in [4.69, 9.17) is 5.11 Å². The Balaban J connectivity index is 2.07. The summed E-state index contributed by atoms with van der Waals surface area (Å²) >= 11 is 0. The van der Waals surface area contributed by atoms with Crippen LogP contribution in [-0.2, 0) is 6.54 Å². The molecular weight excluding hydrogens is 252 g/mol. The summed E-state index contributed by atoms with van der Waals surface area (Å²) in [5.74, 6) is 5.58. The van der Waals surface area contributed by atoms with Gasteiger partial charge in [0.2, 0.25) is 0 Å². The first kappa shape index (κ1) is 14.4. The van der Waals surface area contributed by atoms with Crippen LogP contribution in [0.4, 0.5) is 4.79 Å². The Morgan fingerprint density at radius 1 is 1.35 bits per heavy atom. The molecule has 1 aromatic carbocycles. The second-order valence-corrected chi connectivity index (χ2v) is 4.95. The molecule has 0 radical (unpaired) electrons. The predicted molar refractivity (Wildman–Crippen MR) is 78.1 cm³/mol. The molecule has 20 heavy (non-hydrogen) atoms. The second kappa shape index (κ2) is 6.97. The number of carbonyl (C=O) groups is 1. The minimum Gasteiger partial charge on any atom is -0.384 e. The molecule has 4 heteroatoms. The first-order chi connectivity index (χ1) is 9.72. The summed E-state index contributed by atoms with van der Waals surface area (Å²) in [7, 11) is 1.82. The first-order valence-electron chi connectivity index (χ1n) is 6.90. The lowest BCUT2D eigenvalue weighted by Gasteiger charge is -2.24. The lowest BCUT2D eigenvalue weighted by molar-refractivity contribution is 0.171. The quantitative estimate of drug-likeness (QED) is 0.832. The van der Waals surface area contributed by atoms with Crippen molar-refractivity contribution in [1.82, 2.24) is 9.80 Å². The van der Waals surface area contributed by atoms with Crippen LogP contribution >= 0.6 is 0 Å². The van der Waals surface area contributed by atoms with E-state index < -0.39 is 0 Å². The van der Waals surface area contributed by atoms with Gasteiger partial charge in [0, 0.05) is 32.2 Å². The number of likely N-dealkylation sites (tertiary alicyclic amines) is 1. The van der Waals surface area contributed by atoms with Crippen LogP contribution in [0.1, 0.15) is 24.0 Å². The van der Waals surface area contributed by atoms with Gasteiger partial charge in [-0.15, -0.1) is 0 Å². The van der Waals surface area contributed by atoms with E-state index in [-0.39, 0.29) is 12.6 Å². The molecule has 0 saturated carbocycles. The van der Waals surface area contributed by atoms with Gasteiger partial charge in [0.1, 0.15) is 6.61 Å². The number of amides is 2. The standard InChI is InChI=1S/C16H20N2O2/c1-17(16(20)18-10-4-5-11-18)13-15-8-3-2-7-14(15)9-6-12-19/h2-3,7-8,19H,4-5,10-13H2,1H3. The van der Waals surface area contributed by atoms with Gasteiger partial charge < -0.3 is 14.9 Å². The Hall–Kier alpha value is -1.99. The molecule has 0 atom stereocenters. The molecule has 4 nitrogen and oxygen atoms in total. The largest absolute Gasteiger partial charge is 0.384 e. The highest BCUT2D eigenvalue weighted by Gasteiger charge is 2.21. The first-order valence-corrected chi connectivity index (χ1v) is 6.90. The fraction of sp³-hybridized carbons (Fsp3) is 0.438. The summed E-state index contributed by atoms with van der Waals surface area (Å²) in [5.41, 5.74) is 1.87. The maximum Gasteiger partial charge on any atom is 0.320 e. The minimum absolute atomic E-state index is 0.0763. The van der Waals surface area contributed by atoms with E-state index in [1.165, 1.54) is 0 Å². The molecule has 0 spiro atoms. The maximum absolute atomic E-state index is 12.3. The van der Waals surface area contributed by atoms with E-state index in [1.54, 1.807) is 4.90 Å². The molecule has 1 aliphatic heterocycles. The zero-order chi connectivity index (χ0) is 14.4. The smallest absolute Gasteiger partial charge is 0.320 e. The molecular formula is C16H20N2O2. The van der Waals surface area contributed by atoms with Gasteiger partial charge in [-0.3, -0.25) is 0 Å². The Labute approximate surface area is 120 Å². The number of hydrogen-bond acceptors (Lipinski definition) is 2. The van der Waals surface area contributed by atoms with E-state index in [9.17, 15) is 4.79 Å². The van der Waals surface area contributed by atoms with E-state index in [0.717, 1.165) is 37.1 Å². The van der Waals surface area contributed by atoms with Gasteiger partial charge in [0.05, 0.1) is 0 Å². The van der Waals surface area contributed by atoms with Gasteiger partial charge >= 0.3 is 6.03 Å². The van der Waals surface area contributed by atoms with Crippen LogP contribution in [0.2, 0.25) is 0 Å². The SMILES string of the molecule is CN(Cc1ccccc1C#CCO)C(=O)N1CCCC1. The summed E-state index contributed by atoms with van der Waals surface area (Å²) in [6, 6.07) is 7.80. The molecule has 1 heterocycles. The number of nitrogens with zero attached hydrogens (tertiary/aromatic N) is 2. The van der Waals surface area contributed by atoms with Crippen LogP contribution in [0, 0.1) is 11.8 Å². The maximum atomic E-state index is 12.3. The van der Waals surface area contributed by atoms with Crippen LogP contribution < -0.4 is 0 Å². The molecule has 2 amide bonds. The highest BCUT2D eigenvalue weighted by molar-refractivity contribution is 5.74. The van der Waals surface area contributed by atoms with E-state index in [0.29, 0.717) is 6.54 Å². The summed E-state index contributed by atoms with van der Waals surface area (Å²) in [5, 5.41) is 8.79. The highest BCUT2D eigenvalue weighted by atomic mass is 16.2. The summed E-state index contributed by atoms with van der Waals surface area (Å²) < 4.78 is 0. The van der Waals surface area contributed by atoms with Crippen LogP contribution in [-0.4, -0.2) is 47.7 Å². The molecule has 0 bridgehead atoms. The van der Waals surface area contributed by atoms with Crippen LogP contribution in [0.5, 0.6) is 0 Å². The van der Waals surface area contributed by atoms with E-state index in [2.05, 4.69) is 11.8 Å². The molecule has 0 aromatic heterocycles. The Morgan fingerprint density at radius 3 is 2.75 bits per heavy atom. The molecule has 2 rings (SSSR count). The fourth-order valence-corrected chi connectivity index (χ4v) is 2.39. The normalized spacial score (nSPS) is 13.8. The summed E-state index contributed by atoms with van der Waals surface area (Å²) in [6.45, 7) is 2.09. The molecule has 1 saturated heterocycles. The number of aliphatic hydroxyl groups excluding tert-OH is 1. The van der Waals surface area contributed by atoms with Crippen molar-refractivity contribution in [2.24, 2.45) is 0 Å². The molecule has 106 valence electrons. The van der Waals surface area contributed by atoms with E-state index in [1.807, 2.05) is 36.2 Å². The van der Waals surface area contributed by atoms with Gasteiger partial charge in [-0.25, -0.2) is 4.79 Å². The number of rotatable bonds is 2. The molecule has 1 aromatic rings.